The molecule has 4 aliphatic rings. The van der Waals surface area contributed by atoms with Crippen LogP contribution in [0.15, 0.2) is 0 Å². The maximum atomic E-state index is 11.2. The van der Waals surface area contributed by atoms with Gasteiger partial charge in [-0.3, -0.25) is 16.7 Å². The lowest BCUT2D eigenvalue weighted by Gasteiger charge is -2.36. The highest BCUT2D eigenvalue weighted by Crippen LogP contribution is 2.53. The third-order valence-corrected chi connectivity index (χ3v) is 6.19. The van der Waals surface area contributed by atoms with E-state index >= 15 is 0 Å². The van der Waals surface area contributed by atoms with Gasteiger partial charge in [0.1, 0.15) is 52.4 Å². The average molecular weight is 514 g/mol. The molecule has 4 saturated heterocycles. The van der Waals surface area contributed by atoms with Crippen LogP contribution in [0.3, 0.4) is 0 Å². The topological polar surface area (TPSA) is 179 Å². The third kappa shape index (κ3) is 6.89. The van der Waals surface area contributed by atoms with E-state index in [4.69, 9.17) is 54.6 Å². The van der Waals surface area contributed by atoms with Crippen molar-refractivity contribution in [3.8, 4) is 0 Å². The average Bonchev–Trinajstić information content (AvgIpc) is 3.60. The molecule has 0 aromatic heterocycles. The van der Waals surface area contributed by atoms with Crippen molar-refractivity contribution in [1.29, 1.82) is 0 Å². The van der Waals surface area contributed by atoms with Crippen molar-refractivity contribution in [3.05, 3.63) is 0 Å². The standard InChI is InChI=1S/C17H22O16S/c18-14-22-3-10(30-14)1-2-26-34(27-7-11-4-23-15(19)31-11,28-8-12-5-24-16(20)32-12)29-9-13-6-25-17(21)33-13/h10-13H,1-9H2. The van der Waals surface area contributed by atoms with Gasteiger partial charge in [0.05, 0.1) is 6.61 Å². The molecule has 4 atom stereocenters. The molecule has 4 fully saturated rings. The molecule has 0 radical (unpaired) electrons. The Morgan fingerprint density at radius 1 is 0.559 bits per heavy atom. The summed E-state index contributed by atoms with van der Waals surface area (Å²) in [4.78, 5) is 44.8. The van der Waals surface area contributed by atoms with Crippen LogP contribution in [0.4, 0.5) is 19.2 Å². The number of cyclic esters (lactones) is 8. The third-order valence-electron chi connectivity index (χ3n) is 4.46. The second-order valence-corrected chi connectivity index (χ2v) is 8.84. The molecule has 0 bridgehead atoms. The van der Waals surface area contributed by atoms with E-state index in [1.807, 2.05) is 0 Å². The van der Waals surface area contributed by atoms with Crippen LogP contribution < -0.4 is 0 Å². The monoisotopic (exact) mass is 514 g/mol. The largest absolute Gasteiger partial charge is 0.508 e. The quantitative estimate of drug-likeness (QED) is 0.251. The summed E-state index contributed by atoms with van der Waals surface area (Å²) in [6.45, 7) is -0.907. The summed E-state index contributed by atoms with van der Waals surface area (Å²) < 4.78 is 61.9. The molecule has 0 aromatic carbocycles. The number of carbonyl (C=O) groups excluding carboxylic acids is 4. The summed E-state index contributed by atoms with van der Waals surface area (Å²) in [6.07, 6.45) is -6.00. The minimum Gasteiger partial charge on any atom is -0.430 e. The highest BCUT2D eigenvalue weighted by atomic mass is 32.3. The molecule has 4 aliphatic heterocycles. The van der Waals surface area contributed by atoms with Gasteiger partial charge in [-0.05, 0) is 0 Å². The summed E-state index contributed by atoms with van der Waals surface area (Å²) >= 11 is -3.34. The zero-order chi connectivity index (χ0) is 24.0. The molecule has 0 N–H and O–H groups in total. The van der Waals surface area contributed by atoms with Gasteiger partial charge in [-0.25, -0.2) is 19.2 Å². The first-order valence-corrected chi connectivity index (χ1v) is 11.5. The minimum absolute atomic E-state index is 0.0488. The van der Waals surface area contributed by atoms with Crippen LogP contribution in [0, 0.1) is 0 Å². The summed E-state index contributed by atoms with van der Waals surface area (Å²) in [5.41, 5.74) is 0. The summed E-state index contributed by atoms with van der Waals surface area (Å²) in [7, 11) is 0. The summed E-state index contributed by atoms with van der Waals surface area (Å²) in [5, 5.41) is 0. The number of rotatable bonds is 13. The van der Waals surface area contributed by atoms with Gasteiger partial charge in [0, 0.05) is 6.42 Å². The van der Waals surface area contributed by atoms with Gasteiger partial charge in [0.2, 0.25) is 11.2 Å². The Morgan fingerprint density at radius 2 is 0.912 bits per heavy atom. The maximum absolute atomic E-state index is 11.2. The fourth-order valence-electron chi connectivity index (χ4n) is 2.81. The van der Waals surface area contributed by atoms with Crippen molar-refractivity contribution in [1.82, 2.24) is 0 Å². The van der Waals surface area contributed by atoms with E-state index in [9.17, 15) is 19.2 Å². The summed E-state index contributed by atoms with van der Waals surface area (Å²) in [6, 6.07) is 0. The second-order valence-electron chi connectivity index (χ2n) is 7.08. The molecule has 0 saturated carbocycles. The van der Waals surface area contributed by atoms with Crippen molar-refractivity contribution in [2.45, 2.75) is 30.8 Å². The number of carbonyl (C=O) groups is 4. The molecule has 0 amide bonds. The molecule has 17 heteroatoms. The van der Waals surface area contributed by atoms with Crippen LogP contribution in [0.25, 0.3) is 0 Å². The van der Waals surface area contributed by atoms with Crippen LogP contribution in [-0.2, 0) is 54.6 Å². The molecule has 0 aliphatic carbocycles. The fraction of sp³-hybridized carbons (Fsp3) is 0.765. The Kier molecular flexibility index (Phi) is 7.99. The molecule has 4 heterocycles. The van der Waals surface area contributed by atoms with Gasteiger partial charge in [0.25, 0.3) is 0 Å². The van der Waals surface area contributed by atoms with E-state index in [1.165, 1.54) is 0 Å². The molecule has 4 unspecified atom stereocenters. The predicted molar refractivity (Wildman–Crippen MR) is 101 cm³/mol. The van der Waals surface area contributed by atoms with Crippen LogP contribution in [0.1, 0.15) is 6.42 Å². The van der Waals surface area contributed by atoms with E-state index in [0.717, 1.165) is 0 Å². The van der Waals surface area contributed by atoms with Crippen molar-refractivity contribution in [3.63, 3.8) is 0 Å². The second kappa shape index (κ2) is 11.1. The van der Waals surface area contributed by atoms with Gasteiger partial charge in [-0.2, -0.15) is 0 Å². The van der Waals surface area contributed by atoms with E-state index < -0.39 is 60.2 Å². The molecule has 192 valence electrons. The summed E-state index contributed by atoms with van der Waals surface area (Å²) in [5.74, 6) is 0. The Labute approximate surface area is 193 Å². The first kappa shape index (κ1) is 24.4. The van der Waals surface area contributed by atoms with Gasteiger partial charge < -0.3 is 37.9 Å². The van der Waals surface area contributed by atoms with Crippen molar-refractivity contribution >= 4 is 35.8 Å². The Hall–Kier alpha value is -2.73. The van der Waals surface area contributed by atoms with Crippen molar-refractivity contribution < 1.29 is 73.8 Å². The van der Waals surface area contributed by atoms with Gasteiger partial charge >= 0.3 is 24.6 Å². The van der Waals surface area contributed by atoms with Crippen LogP contribution >= 0.6 is 11.2 Å². The van der Waals surface area contributed by atoms with Gasteiger partial charge in [-0.15, -0.1) is 0 Å². The molecular formula is C17H22O16S. The zero-order valence-electron chi connectivity index (χ0n) is 17.6. The van der Waals surface area contributed by atoms with Crippen molar-refractivity contribution in [2.75, 3.05) is 52.9 Å². The predicted octanol–water partition coefficient (Wildman–Crippen LogP) is 1.05. The number of hydrogen-bond donors (Lipinski definition) is 0. The smallest absolute Gasteiger partial charge is 0.430 e. The van der Waals surface area contributed by atoms with Gasteiger partial charge in [0.15, 0.2) is 18.3 Å². The van der Waals surface area contributed by atoms with E-state index in [0.29, 0.717) is 0 Å². The molecule has 16 nitrogen and oxygen atoms in total. The van der Waals surface area contributed by atoms with Crippen LogP contribution in [0.2, 0.25) is 0 Å². The molecular weight excluding hydrogens is 492 g/mol. The first-order chi connectivity index (χ1) is 16.4. The maximum Gasteiger partial charge on any atom is 0.508 e. The lowest BCUT2D eigenvalue weighted by Crippen LogP contribution is -2.30. The van der Waals surface area contributed by atoms with Crippen LogP contribution in [-0.4, -0.2) is 102 Å². The zero-order valence-corrected chi connectivity index (χ0v) is 18.4. The highest BCUT2D eigenvalue weighted by Gasteiger charge is 2.39. The van der Waals surface area contributed by atoms with Gasteiger partial charge in [-0.1, -0.05) is 0 Å². The fourth-order valence-corrected chi connectivity index (χ4v) is 4.48. The number of hydrogen-bond acceptors (Lipinski definition) is 16. The minimum atomic E-state index is -3.34. The SMILES string of the molecule is O=C1OCC(CCOS(OCC2COC(=O)O2)(OCC2COC(=O)O2)OCC2COC(=O)O2)O1. The normalized spacial score (nSPS) is 30.7. The Morgan fingerprint density at radius 3 is 1.24 bits per heavy atom. The van der Waals surface area contributed by atoms with Crippen molar-refractivity contribution in [2.24, 2.45) is 0 Å². The Balaban J connectivity index is 1.40. The Bertz CT molecular complexity index is 701. The van der Waals surface area contributed by atoms with Crippen LogP contribution in [0.5, 0.6) is 0 Å². The lowest BCUT2D eigenvalue weighted by atomic mass is 10.3. The number of ether oxygens (including phenoxy) is 8. The molecule has 34 heavy (non-hydrogen) atoms. The van der Waals surface area contributed by atoms with E-state index in [-0.39, 0.29) is 59.3 Å². The highest BCUT2D eigenvalue weighted by molar-refractivity contribution is 8.17. The van der Waals surface area contributed by atoms with E-state index in [2.05, 4.69) is 0 Å². The molecule has 4 rings (SSSR count). The first-order valence-electron chi connectivity index (χ1n) is 10.1. The lowest BCUT2D eigenvalue weighted by molar-refractivity contribution is 0.0206. The molecule has 0 spiro atoms. The molecule has 0 aromatic rings. The van der Waals surface area contributed by atoms with E-state index in [1.54, 1.807) is 0 Å².